The molecule has 0 aliphatic rings. The van der Waals surface area contributed by atoms with Gasteiger partial charge < -0.3 is 5.73 Å². The molecule has 0 fully saturated rings. The first-order valence-electron chi connectivity index (χ1n) is 5.96. The van der Waals surface area contributed by atoms with Gasteiger partial charge in [-0.15, -0.1) is 0 Å². The third-order valence-electron chi connectivity index (χ3n) is 2.95. The van der Waals surface area contributed by atoms with Gasteiger partial charge in [-0.2, -0.15) is 0 Å². The molecule has 2 nitrogen and oxygen atoms in total. The second-order valence-electron chi connectivity index (χ2n) is 5.30. The van der Waals surface area contributed by atoms with Crippen molar-refractivity contribution in [3.8, 4) is 0 Å². The highest BCUT2D eigenvalue weighted by Gasteiger charge is 2.15. The molecule has 0 aromatic heterocycles. The Labute approximate surface area is 97.5 Å². The van der Waals surface area contributed by atoms with Gasteiger partial charge in [0.2, 0.25) is 0 Å². The fourth-order valence-corrected chi connectivity index (χ4v) is 2.84. The molecule has 0 aromatic rings. The minimum absolute atomic E-state index is 0.209. The monoisotopic (exact) mass is 233 g/mol. The lowest BCUT2D eigenvalue weighted by atomic mass is 9.88. The van der Waals surface area contributed by atoms with E-state index in [2.05, 4.69) is 27.7 Å². The minimum atomic E-state index is -0.627. The van der Waals surface area contributed by atoms with Crippen LogP contribution in [0.25, 0.3) is 0 Å². The highest BCUT2D eigenvalue weighted by molar-refractivity contribution is 7.84. The van der Waals surface area contributed by atoms with Crippen molar-refractivity contribution in [2.24, 2.45) is 17.1 Å². The predicted molar refractivity (Wildman–Crippen MR) is 69.4 cm³/mol. The van der Waals surface area contributed by atoms with E-state index in [9.17, 15) is 4.21 Å². The summed E-state index contributed by atoms with van der Waals surface area (Å²) < 4.78 is 11.7. The summed E-state index contributed by atoms with van der Waals surface area (Å²) in [6, 6.07) is 0. The van der Waals surface area contributed by atoms with Crippen LogP contribution in [0.2, 0.25) is 0 Å². The standard InChI is InChI=1S/C12H27NOS/c1-5-11(2)9-15(14)8-6-7-12(3,4)10-13/h11H,5-10,13H2,1-4H3. The first-order valence-corrected chi connectivity index (χ1v) is 7.45. The maximum Gasteiger partial charge on any atom is 0.0260 e. The van der Waals surface area contributed by atoms with Crippen LogP contribution in [-0.4, -0.2) is 22.3 Å². The molecule has 0 aromatic carbocycles. The third-order valence-corrected chi connectivity index (χ3v) is 4.63. The molecule has 92 valence electrons. The lowest BCUT2D eigenvalue weighted by molar-refractivity contribution is 0.344. The number of nitrogens with two attached hydrogens (primary N) is 1. The summed E-state index contributed by atoms with van der Waals surface area (Å²) in [6.45, 7) is 9.38. The Balaban J connectivity index is 3.64. The number of hydrogen-bond donors (Lipinski definition) is 1. The zero-order valence-electron chi connectivity index (χ0n) is 10.7. The molecule has 0 bridgehead atoms. The molecule has 2 atom stereocenters. The lowest BCUT2D eigenvalue weighted by Gasteiger charge is -2.21. The van der Waals surface area contributed by atoms with E-state index >= 15 is 0 Å². The van der Waals surface area contributed by atoms with Gasteiger partial charge >= 0.3 is 0 Å². The predicted octanol–water partition coefficient (Wildman–Crippen LogP) is 2.55. The second kappa shape index (κ2) is 7.39. The molecular formula is C12H27NOS. The SMILES string of the molecule is CCC(C)CS(=O)CCCC(C)(C)CN. The average molecular weight is 233 g/mol. The molecule has 3 heteroatoms. The smallest absolute Gasteiger partial charge is 0.0260 e. The van der Waals surface area contributed by atoms with E-state index in [0.717, 1.165) is 30.8 Å². The van der Waals surface area contributed by atoms with Crippen LogP contribution in [-0.2, 0) is 10.8 Å². The van der Waals surface area contributed by atoms with Crippen molar-refractivity contribution in [1.29, 1.82) is 0 Å². The summed E-state index contributed by atoms with van der Waals surface area (Å²) in [4.78, 5) is 0. The molecule has 15 heavy (non-hydrogen) atoms. The van der Waals surface area contributed by atoms with Crippen molar-refractivity contribution in [1.82, 2.24) is 0 Å². The van der Waals surface area contributed by atoms with Crippen molar-refractivity contribution >= 4 is 10.8 Å². The first-order chi connectivity index (χ1) is 6.91. The van der Waals surface area contributed by atoms with Crippen LogP contribution < -0.4 is 5.73 Å². The Kier molecular flexibility index (Phi) is 7.45. The molecule has 0 saturated carbocycles. The molecule has 0 saturated heterocycles. The highest BCUT2D eigenvalue weighted by Crippen LogP contribution is 2.20. The number of rotatable bonds is 8. The van der Waals surface area contributed by atoms with Crippen molar-refractivity contribution in [2.75, 3.05) is 18.1 Å². The Morgan fingerprint density at radius 3 is 2.47 bits per heavy atom. The van der Waals surface area contributed by atoms with Gasteiger partial charge in [0.25, 0.3) is 0 Å². The molecule has 0 aliphatic heterocycles. The fraction of sp³-hybridized carbons (Fsp3) is 1.00. The van der Waals surface area contributed by atoms with E-state index in [0.29, 0.717) is 12.5 Å². The van der Waals surface area contributed by atoms with Gasteiger partial charge in [0.15, 0.2) is 0 Å². The van der Waals surface area contributed by atoms with E-state index in [1.807, 2.05) is 0 Å². The third kappa shape index (κ3) is 7.97. The van der Waals surface area contributed by atoms with Gasteiger partial charge in [-0.1, -0.05) is 34.1 Å². The normalized spacial score (nSPS) is 16.3. The van der Waals surface area contributed by atoms with E-state index < -0.39 is 10.8 Å². The molecule has 0 rings (SSSR count). The van der Waals surface area contributed by atoms with E-state index in [4.69, 9.17) is 5.73 Å². The van der Waals surface area contributed by atoms with Crippen LogP contribution in [0.5, 0.6) is 0 Å². The van der Waals surface area contributed by atoms with Crippen LogP contribution in [0.1, 0.15) is 47.0 Å². The summed E-state index contributed by atoms with van der Waals surface area (Å²) in [5.41, 5.74) is 5.86. The molecule has 0 radical (unpaired) electrons. The zero-order valence-corrected chi connectivity index (χ0v) is 11.5. The lowest BCUT2D eigenvalue weighted by Crippen LogP contribution is -2.24. The Morgan fingerprint density at radius 1 is 1.40 bits per heavy atom. The van der Waals surface area contributed by atoms with Crippen molar-refractivity contribution < 1.29 is 4.21 Å². The summed E-state index contributed by atoms with van der Waals surface area (Å²) in [5, 5.41) is 0. The van der Waals surface area contributed by atoms with Gasteiger partial charge in [0.1, 0.15) is 0 Å². The van der Waals surface area contributed by atoms with Crippen LogP contribution >= 0.6 is 0 Å². The van der Waals surface area contributed by atoms with Gasteiger partial charge in [-0.3, -0.25) is 4.21 Å². The van der Waals surface area contributed by atoms with E-state index in [-0.39, 0.29) is 5.41 Å². The van der Waals surface area contributed by atoms with Crippen LogP contribution in [0.15, 0.2) is 0 Å². The van der Waals surface area contributed by atoms with E-state index in [1.165, 1.54) is 0 Å². The molecular weight excluding hydrogens is 206 g/mol. The summed E-state index contributed by atoms with van der Waals surface area (Å²) in [5.74, 6) is 2.29. The van der Waals surface area contributed by atoms with Gasteiger partial charge in [0, 0.05) is 22.3 Å². The fourth-order valence-electron chi connectivity index (χ4n) is 1.33. The average Bonchev–Trinajstić information content (AvgIpc) is 2.17. The summed E-state index contributed by atoms with van der Waals surface area (Å²) in [7, 11) is -0.627. The van der Waals surface area contributed by atoms with Crippen molar-refractivity contribution in [3.63, 3.8) is 0 Å². The molecule has 2 unspecified atom stereocenters. The topological polar surface area (TPSA) is 43.1 Å². The molecule has 0 aliphatic carbocycles. The highest BCUT2D eigenvalue weighted by atomic mass is 32.2. The quantitative estimate of drug-likeness (QED) is 0.700. The Bertz CT molecular complexity index is 192. The molecule has 0 spiro atoms. The zero-order chi connectivity index (χ0) is 11.9. The Hall–Kier alpha value is 0.110. The van der Waals surface area contributed by atoms with Crippen LogP contribution in [0.3, 0.4) is 0 Å². The minimum Gasteiger partial charge on any atom is -0.330 e. The van der Waals surface area contributed by atoms with Crippen LogP contribution in [0, 0.1) is 11.3 Å². The summed E-state index contributed by atoms with van der Waals surface area (Å²) >= 11 is 0. The first kappa shape index (κ1) is 15.1. The largest absolute Gasteiger partial charge is 0.330 e. The van der Waals surface area contributed by atoms with Gasteiger partial charge in [0.05, 0.1) is 0 Å². The van der Waals surface area contributed by atoms with Crippen molar-refractivity contribution in [3.05, 3.63) is 0 Å². The molecule has 0 amide bonds. The molecule has 0 heterocycles. The van der Waals surface area contributed by atoms with Crippen LogP contribution in [0.4, 0.5) is 0 Å². The molecule has 2 N–H and O–H groups in total. The van der Waals surface area contributed by atoms with E-state index in [1.54, 1.807) is 0 Å². The number of hydrogen-bond acceptors (Lipinski definition) is 2. The van der Waals surface area contributed by atoms with Gasteiger partial charge in [-0.25, -0.2) is 0 Å². The maximum absolute atomic E-state index is 11.7. The summed E-state index contributed by atoms with van der Waals surface area (Å²) in [6.07, 6.45) is 3.24. The Morgan fingerprint density at radius 2 is 2.00 bits per heavy atom. The van der Waals surface area contributed by atoms with Crippen molar-refractivity contribution in [2.45, 2.75) is 47.0 Å². The second-order valence-corrected chi connectivity index (χ2v) is 6.92. The van der Waals surface area contributed by atoms with Gasteiger partial charge in [-0.05, 0) is 30.7 Å². The maximum atomic E-state index is 11.7.